The Kier molecular flexibility index (Phi) is 4.40. The Morgan fingerprint density at radius 1 is 1.35 bits per heavy atom. The quantitative estimate of drug-likeness (QED) is 0.880. The molecule has 1 aromatic carbocycles. The van der Waals surface area contributed by atoms with Crippen molar-refractivity contribution in [1.82, 2.24) is 9.78 Å². The summed E-state index contributed by atoms with van der Waals surface area (Å²) in [6.45, 7) is 4.91. The van der Waals surface area contributed by atoms with Crippen LogP contribution < -0.4 is 10.6 Å². The van der Waals surface area contributed by atoms with Crippen molar-refractivity contribution in [2.75, 3.05) is 17.2 Å². The number of hydrogen-bond donors (Lipinski definition) is 2. The first-order valence-electron chi connectivity index (χ1n) is 6.75. The van der Waals surface area contributed by atoms with Gasteiger partial charge in [0.1, 0.15) is 0 Å². The number of aromatic nitrogens is 2. The van der Waals surface area contributed by atoms with E-state index in [4.69, 9.17) is 0 Å². The third-order valence-electron chi connectivity index (χ3n) is 2.94. The van der Waals surface area contributed by atoms with Crippen LogP contribution in [0.25, 0.3) is 0 Å². The molecule has 2 aromatic rings. The molecule has 20 heavy (non-hydrogen) atoms. The van der Waals surface area contributed by atoms with E-state index < -0.39 is 0 Å². The summed E-state index contributed by atoms with van der Waals surface area (Å²) in [5.74, 6) is 0.409. The topological polar surface area (TPSA) is 59.0 Å². The molecule has 0 aliphatic heterocycles. The lowest BCUT2D eigenvalue weighted by Crippen LogP contribution is -2.16. The predicted octanol–water partition coefficient (Wildman–Crippen LogP) is 2.80. The number of hydrogen-bond acceptors (Lipinski definition) is 3. The summed E-state index contributed by atoms with van der Waals surface area (Å²) in [6, 6.07) is 7.59. The Morgan fingerprint density at radius 3 is 2.80 bits per heavy atom. The molecule has 5 nitrogen and oxygen atoms in total. The molecule has 0 aliphatic rings. The number of aryl methyl sites for hydroxylation is 2. The fourth-order valence-corrected chi connectivity index (χ4v) is 1.93. The van der Waals surface area contributed by atoms with Gasteiger partial charge in [-0.3, -0.25) is 9.48 Å². The molecule has 1 heterocycles. The minimum absolute atomic E-state index is 0.147. The van der Waals surface area contributed by atoms with Crippen LogP contribution in [-0.2, 0) is 7.05 Å². The van der Waals surface area contributed by atoms with E-state index in [9.17, 15) is 4.79 Å². The molecule has 2 rings (SSSR count). The van der Waals surface area contributed by atoms with Crippen LogP contribution >= 0.6 is 0 Å². The molecule has 0 fully saturated rings. The highest BCUT2D eigenvalue weighted by Gasteiger charge is 2.12. The molecular formula is C15H20N4O. The molecule has 0 aliphatic carbocycles. The highest BCUT2D eigenvalue weighted by atomic mass is 16.1. The molecule has 0 bridgehead atoms. The van der Waals surface area contributed by atoms with Crippen LogP contribution in [0.15, 0.2) is 30.5 Å². The fraction of sp³-hybridized carbons (Fsp3) is 0.333. The summed E-state index contributed by atoms with van der Waals surface area (Å²) < 4.78 is 1.65. The van der Waals surface area contributed by atoms with Gasteiger partial charge >= 0.3 is 0 Å². The third-order valence-corrected chi connectivity index (χ3v) is 2.94. The van der Waals surface area contributed by atoms with E-state index in [1.54, 1.807) is 16.9 Å². The lowest BCUT2D eigenvalue weighted by atomic mass is 10.1. The summed E-state index contributed by atoms with van der Waals surface area (Å²) in [5, 5.41) is 10.2. The number of anilines is 2. The average molecular weight is 272 g/mol. The summed E-state index contributed by atoms with van der Waals surface area (Å²) in [7, 11) is 1.82. The van der Waals surface area contributed by atoms with Crippen LogP contribution in [0.5, 0.6) is 0 Å². The van der Waals surface area contributed by atoms with Gasteiger partial charge in [0.05, 0.1) is 5.56 Å². The van der Waals surface area contributed by atoms with E-state index >= 15 is 0 Å². The monoisotopic (exact) mass is 272 g/mol. The lowest BCUT2D eigenvalue weighted by molar-refractivity contribution is 0.102. The van der Waals surface area contributed by atoms with Crippen molar-refractivity contribution in [3.8, 4) is 0 Å². The van der Waals surface area contributed by atoms with E-state index in [1.807, 2.05) is 32.2 Å². The summed E-state index contributed by atoms with van der Waals surface area (Å²) in [6.07, 6.45) is 2.80. The molecule has 0 atom stereocenters. The van der Waals surface area contributed by atoms with Gasteiger partial charge in [-0.1, -0.05) is 18.6 Å². The maximum atomic E-state index is 12.4. The molecule has 1 aromatic heterocycles. The van der Waals surface area contributed by atoms with Crippen LogP contribution in [0.1, 0.15) is 29.3 Å². The van der Waals surface area contributed by atoms with Gasteiger partial charge in [0.2, 0.25) is 0 Å². The van der Waals surface area contributed by atoms with Crippen molar-refractivity contribution in [3.05, 3.63) is 41.6 Å². The standard InChI is InChI=1S/C15H20N4O/c1-4-8-16-13-6-5-11(2)10-12(13)15(20)17-14-7-9-19(3)18-14/h5-7,9-10,16H,4,8H2,1-3H3,(H,17,18,20). The van der Waals surface area contributed by atoms with Crippen molar-refractivity contribution >= 4 is 17.4 Å². The first-order valence-corrected chi connectivity index (χ1v) is 6.75. The molecule has 0 saturated heterocycles. The smallest absolute Gasteiger partial charge is 0.258 e. The number of benzene rings is 1. The number of nitrogens with one attached hydrogen (secondary N) is 2. The first-order chi connectivity index (χ1) is 9.60. The van der Waals surface area contributed by atoms with Gasteiger partial charge in [-0.25, -0.2) is 0 Å². The summed E-state index contributed by atoms with van der Waals surface area (Å²) in [5.41, 5.74) is 2.55. The second-order valence-corrected chi connectivity index (χ2v) is 4.80. The fourth-order valence-electron chi connectivity index (χ4n) is 1.93. The molecular weight excluding hydrogens is 252 g/mol. The van der Waals surface area contributed by atoms with Crippen LogP contribution in [0.2, 0.25) is 0 Å². The van der Waals surface area contributed by atoms with Gasteiger partial charge in [0.15, 0.2) is 5.82 Å². The maximum absolute atomic E-state index is 12.4. The van der Waals surface area contributed by atoms with Crippen molar-refractivity contribution in [1.29, 1.82) is 0 Å². The molecule has 106 valence electrons. The highest BCUT2D eigenvalue weighted by molar-refractivity contribution is 6.07. The SMILES string of the molecule is CCCNc1ccc(C)cc1C(=O)Nc1ccn(C)n1. The zero-order valence-corrected chi connectivity index (χ0v) is 12.1. The van der Waals surface area contributed by atoms with E-state index in [0.29, 0.717) is 11.4 Å². The minimum Gasteiger partial charge on any atom is -0.384 e. The van der Waals surface area contributed by atoms with Crippen molar-refractivity contribution in [2.45, 2.75) is 20.3 Å². The van der Waals surface area contributed by atoms with Crippen LogP contribution in [-0.4, -0.2) is 22.2 Å². The average Bonchev–Trinajstić information content (AvgIpc) is 2.82. The van der Waals surface area contributed by atoms with Crippen molar-refractivity contribution in [2.24, 2.45) is 7.05 Å². The van der Waals surface area contributed by atoms with Gasteiger partial charge in [-0.05, 0) is 25.5 Å². The van der Waals surface area contributed by atoms with Gasteiger partial charge in [-0.15, -0.1) is 0 Å². The highest BCUT2D eigenvalue weighted by Crippen LogP contribution is 2.19. The zero-order chi connectivity index (χ0) is 14.5. The van der Waals surface area contributed by atoms with E-state index in [1.165, 1.54) is 0 Å². The van der Waals surface area contributed by atoms with Crippen LogP contribution in [0, 0.1) is 6.92 Å². The van der Waals surface area contributed by atoms with Gasteiger partial charge in [-0.2, -0.15) is 5.10 Å². The first kappa shape index (κ1) is 14.1. The molecule has 5 heteroatoms. The van der Waals surface area contributed by atoms with Gasteiger partial charge < -0.3 is 10.6 Å². The van der Waals surface area contributed by atoms with Crippen LogP contribution in [0.3, 0.4) is 0 Å². The van der Waals surface area contributed by atoms with Gasteiger partial charge in [0.25, 0.3) is 5.91 Å². The Bertz CT molecular complexity index is 604. The lowest BCUT2D eigenvalue weighted by Gasteiger charge is -2.11. The Morgan fingerprint density at radius 2 is 2.15 bits per heavy atom. The van der Waals surface area contributed by atoms with Gasteiger partial charge in [0, 0.05) is 31.5 Å². The van der Waals surface area contributed by atoms with E-state index in [-0.39, 0.29) is 5.91 Å². The molecule has 0 unspecified atom stereocenters. The zero-order valence-electron chi connectivity index (χ0n) is 12.1. The number of amides is 1. The molecule has 0 saturated carbocycles. The third kappa shape index (κ3) is 3.38. The Balaban J connectivity index is 2.21. The second kappa shape index (κ2) is 6.23. The van der Waals surface area contributed by atoms with E-state index in [2.05, 4.69) is 22.7 Å². The summed E-state index contributed by atoms with van der Waals surface area (Å²) >= 11 is 0. The number of rotatable bonds is 5. The number of carbonyl (C=O) groups excluding carboxylic acids is 1. The number of nitrogens with zero attached hydrogens (tertiary/aromatic N) is 2. The molecule has 0 spiro atoms. The number of carbonyl (C=O) groups is 1. The van der Waals surface area contributed by atoms with Crippen LogP contribution in [0.4, 0.5) is 11.5 Å². The Labute approximate surface area is 119 Å². The van der Waals surface area contributed by atoms with Crippen molar-refractivity contribution in [3.63, 3.8) is 0 Å². The normalized spacial score (nSPS) is 10.3. The summed E-state index contributed by atoms with van der Waals surface area (Å²) in [4.78, 5) is 12.4. The second-order valence-electron chi connectivity index (χ2n) is 4.80. The maximum Gasteiger partial charge on any atom is 0.258 e. The van der Waals surface area contributed by atoms with E-state index in [0.717, 1.165) is 24.2 Å². The molecule has 1 amide bonds. The largest absolute Gasteiger partial charge is 0.384 e. The van der Waals surface area contributed by atoms with Crippen molar-refractivity contribution < 1.29 is 4.79 Å². The minimum atomic E-state index is -0.147. The molecule has 2 N–H and O–H groups in total. The molecule has 0 radical (unpaired) electrons. The predicted molar refractivity (Wildman–Crippen MR) is 81.1 cm³/mol. The Hall–Kier alpha value is -2.30.